The molecule has 1 N–H and O–H groups in total. The third kappa shape index (κ3) is 2.83. The van der Waals surface area contributed by atoms with E-state index >= 15 is 0 Å². The zero-order chi connectivity index (χ0) is 13.1. The highest BCUT2D eigenvalue weighted by Crippen LogP contribution is 2.24. The molecule has 1 aromatic heterocycles. The van der Waals surface area contributed by atoms with E-state index in [1.165, 1.54) is 0 Å². The SMILES string of the molecule is N#CC(COc1cccc2ncccc12)NC1CC1. The van der Waals surface area contributed by atoms with E-state index in [2.05, 4.69) is 16.4 Å². The van der Waals surface area contributed by atoms with Crippen molar-refractivity contribution in [3.63, 3.8) is 0 Å². The smallest absolute Gasteiger partial charge is 0.130 e. The summed E-state index contributed by atoms with van der Waals surface area (Å²) in [5.74, 6) is 0.781. The maximum atomic E-state index is 9.09. The van der Waals surface area contributed by atoms with Gasteiger partial charge in [0.1, 0.15) is 18.4 Å². The summed E-state index contributed by atoms with van der Waals surface area (Å²) in [6, 6.07) is 12.1. The van der Waals surface area contributed by atoms with Gasteiger partial charge in [0.15, 0.2) is 0 Å². The van der Waals surface area contributed by atoms with Gasteiger partial charge in [-0.15, -0.1) is 0 Å². The van der Waals surface area contributed by atoms with Crippen LogP contribution in [0.3, 0.4) is 0 Å². The second-order valence-electron chi connectivity index (χ2n) is 4.76. The summed E-state index contributed by atoms with van der Waals surface area (Å²) in [5.41, 5.74) is 0.906. The Kier molecular flexibility index (Phi) is 3.30. The fourth-order valence-corrected chi connectivity index (χ4v) is 2.03. The Bertz CT molecular complexity index is 611. The van der Waals surface area contributed by atoms with E-state index in [0.717, 1.165) is 29.5 Å². The summed E-state index contributed by atoms with van der Waals surface area (Å²) >= 11 is 0. The minimum Gasteiger partial charge on any atom is -0.490 e. The molecule has 0 aliphatic heterocycles. The van der Waals surface area contributed by atoms with Crippen LogP contribution >= 0.6 is 0 Å². The summed E-state index contributed by atoms with van der Waals surface area (Å²) in [6.07, 6.45) is 4.09. The van der Waals surface area contributed by atoms with E-state index in [0.29, 0.717) is 12.6 Å². The molecule has 96 valence electrons. The molecule has 0 bridgehead atoms. The Morgan fingerprint density at radius 3 is 3.05 bits per heavy atom. The van der Waals surface area contributed by atoms with Gasteiger partial charge >= 0.3 is 0 Å². The van der Waals surface area contributed by atoms with Crippen LogP contribution in [0.2, 0.25) is 0 Å². The average molecular weight is 253 g/mol. The van der Waals surface area contributed by atoms with Crippen molar-refractivity contribution in [1.29, 1.82) is 5.26 Å². The van der Waals surface area contributed by atoms with Crippen molar-refractivity contribution in [2.24, 2.45) is 0 Å². The van der Waals surface area contributed by atoms with Gasteiger partial charge in [0.25, 0.3) is 0 Å². The molecule has 4 nitrogen and oxygen atoms in total. The van der Waals surface area contributed by atoms with Gasteiger partial charge in [0.05, 0.1) is 11.6 Å². The Morgan fingerprint density at radius 1 is 1.37 bits per heavy atom. The topological polar surface area (TPSA) is 57.9 Å². The maximum Gasteiger partial charge on any atom is 0.130 e. The first-order valence-corrected chi connectivity index (χ1v) is 6.49. The van der Waals surface area contributed by atoms with Crippen LogP contribution < -0.4 is 10.1 Å². The Balaban J connectivity index is 1.72. The van der Waals surface area contributed by atoms with Crippen LogP contribution in [0.1, 0.15) is 12.8 Å². The fraction of sp³-hybridized carbons (Fsp3) is 0.333. The molecular weight excluding hydrogens is 238 g/mol. The lowest BCUT2D eigenvalue weighted by Crippen LogP contribution is -2.34. The van der Waals surface area contributed by atoms with Crippen LogP contribution in [-0.4, -0.2) is 23.7 Å². The van der Waals surface area contributed by atoms with Crippen LogP contribution in [-0.2, 0) is 0 Å². The van der Waals surface area contributed by atoms with Crippen molar-refractivity contribution in [3.05, 3.63) is 36.5 Å². The second-order valence-corrected chi connectivity index (χ2v) is 4.76. The van der Waals surface area contributed by atoms with E-state index in [1.54, 1.807) is 6.20 Å². The number of hydrogen-bond donors (Lipinski definition) is 1. The Hall–Kier alpha value is -2.12. The number of benzene rings is 1. The molecule has 1 aliphatic rings. The largest absolute Gasteiger partial charge is 0.490 e. The molecule has 1 unspecified atom stereocenters. The van der Waals surface area contributed by atoms with Crippen molar-refractivity contribution >= 4 is 10.9 Å². The first-order chi connectivity index (χ1) is 9.36. The molecular formula is C15H15N3O. The number of rotatable bonds is 5. The highest BCUT2D eigenvalue weighted by Gasteiger charge is 2.24. The predicted octanol–water partition coefficient (Wildman–Crippen LogP) is 2.26. The lowest BCUT2D eigenvalue weighted by molar-refractivity contribution is 0.291. The zero-order valence-corrected chi connectivity index (χ0v) is 10.5. The molecule has 0 saturated heterocycles. The van der Waals surface area contributed by atoms with Crippen molar-refractivity contribution in [1.82, 2.24) is 10.3 Å². The van der Waals surface area contributed by atoms with Gasteiger partial charge in [-0.05, 0) is 37.1 Å². The lowest BCUT2D eigenvalue weighted by Gasteiger charge is -2.13. The van der Waals surface area contributed by atoms with E-state index in [9.17, 15) is 0 Å². The van der Waals surface area contributed by atoms with Gasteiger partial charge in [-0.1, -0.05) is 6.07 Å². The Morgan fingerprint density at radius 2 is 2.26 bits per heavy atom. The molecule has 1 heterocycles. The number of nitrogens with zero attached hydrogens (tertiary/aromatic N) is 2. The summed E-state index contributed by atoms with van der Waals surface area (Å²) in [7, 11) is 0. The number of aromatic nitrogens is 1. The fourth-order valence-electron chi connectivity index (χ4n) is 2.03. The molecule has 0 amide bonds. The molecule has 2 aromatic rings. The molecule has 1 aliphatic carbocycles. The number of nitrogens with one attached hydrogen (secondary N) is 1. The highest BCUT2D eigenvalue weighted by molar-refractivity contribution is 5.84. The summed E-state index contributed by atoms with van der Waals surface area (Å²) < 4.78 is 5.78. The average Bonchev–Trinajstić information content (AvgIpc) is 3.27. The number of pyridine rings is 1. The molecule has 3 rings (SSSR count). The third-order valence-corrected chi connectivity index (χ3v) is 3.18. The van der Waals surface area contributed by atoms with E-state index in [4.69, 9.17) is 10.00 Å². The Labute approximate surface area is 112 Å². The standard InChI is InChI=1S/C15H15N3O/c16-9-12(18-11-6-7-11)10-19-15-5-1-4-14-13(15)3-2-8-17-14/h1-5,8,11-12,18H,6-7,10H2. The molecule has 4 heteroatoms. The maximum absolute atomic E-state index is 9.09. The first kappa shape index (κ1) is 11.9. The quantitative estimate of drug-likeness (QED) is 0.888. The monoisotopic (exact) mass is 253 g/mol. The summed E-state index contributed by atoms with van der Waals surface area (Å²) in [4.78, 5) is 4.29. The normalized spacial score (nSPS) is 15.9. The first-order valence-electron chi connectivity index (χ1n) is 6.49. The van der Waals surface area contributed by atoms with Crippen LogP contribution in [0.15, 0.2) is 36.5 Å². The van der Waals surface area contributed by atoms with Gasteiger partial charge in [-0.25, -0.2) is 0 Å². The van der Waals surface area contributed by atoms with Gasteiger partial charge < -0.3 is 4.74 Å². The van der Waals surface area contributed by atoms with E-state index in [1.807, 2.05) is 30.3 Å². The van der Waals surface area contributed by atoms with Crippen molar-refractivity contribution in [2.45, 2.75) is 24.9 Å². The predicted molar refractivity (Wildman–Crippen MR) is 72.8 cm³/mol. The number of ether oxygens (including phenoxy) is 1. The molecule has 1 saturated carbocycles. The highest BCUT2D eigenvalue weighted by atomic mass is 16.5. The minimum absolute atomic E-state index is 0.251. The second kappa shape index (κ2) is 5.25. The molecule has 1 atom stereocenters. The zero-order valence-electron chi connectivity index (χ0n) is 10.5. The molecule has 1 fully saturated rings. The van der Waals surface area contributed by atoms with Crippen LogP contribution in [0, 0.1) is 11.3 Å². The van der Waals surface area contributed by atoms with E-state index in [-0.39, 0.29) is 6.04 Å². The molecule has 1 aromatic carbocycles. The van der Waals surface area contributed by atoms with Crippen LogP contribution in [0.5, 0.6) is 5.75 Å². The van der Waals surface area contributed by atoms with Gasteiger partial charge in [0.2, 0.25) is 0 Å². The minimum atomic E-state index is -0.251. The van der Waals surface area contributed by atoms with Gasteiger partial charge in [0, 0.05) is 17.6 Å². The molecule has 19 heavy (non-hydrogen) atoms. The number of fused-ring (bicyclic) bond motifs is 1. The number of hydrogen-bond acceptors (Lipinski definition) is 4. The molecule has 0 spiro atoms. The molecule has 0 radical (unpaired) electrons. The van der Waals surface area contributed by atoms with Crippen molar-refractivity contribution < 1.29 is 4.74 Å². The van der Waals surface area contributed by atoms with Crippen LogP contribution in [0.25, 0.3) is 10.9 Å². The van der Waals surface area contributed by atoms with Crippen molar-refractivity contribution in [3.8, 4) is 11.8 Å². The summed E-state index contributed by atoms with van der Waals surface area (Å²) in [6.45, 7) is 0.362. The van der Waals surface area contributed by atoms with Gasteiger partial charge in [-0.2, -0.15) is 5.26 Å². The third-order valence-electron chi connectivity index (χ3n) is 3.18. The van der Waals surface area contributed by atoms with Crippen molar-refractivity contribution in [2.75, 3.05) is 6.61 Å². The summed E-state index contributed by atoms with van der Waals surface area (Å²) in [5, 5.41) is 13.3. The lowest BCUT2D eigenvalue weighted by atomic mass is 10.2. The van der Waals surface area contributed by atoms with E-state index < -0.39 is 0 Å². The number of nitriles is 1. The van der Waals surface area contributed by atoms with Gasteiger partial charge in [-0.3, -0.25) is 10.3 Å². The van der Waals surface area contributed by atoms with Crippen LogP contribution in [0.4, 0.5) is 0 Å².